The molecule has 0 atom stereocenters. The minimum absolute atomic E-state index is 0.113. The van der Waals surface area contributed by atoms with Gasteiger partial charge in [0.1, 0.15) is 11.4 Å². The Balaban J connectivity index is 1.69. The highest BCUT2D eigenvalue weighted by molar-refractivity contribution is 5.92. The molecule has 10 nitrogen and oxygen atoms in total. The molecule has 10 heteroatoms. The van der Waals surface area contributed by atoms with E-state index in [1.807, 2.05) is 31.3 Å². The lowest BCUT2D eigenvalue weighted by atomic mass is 9.92. The highest BCUT2D eigenvalue weighted by atomic mass is 16.5. The van der Waals surface area contributed by atoms with Crippen molar-refractivity contribution >= 4 is 28.7 Å². The molecular weight excluding hydrogens is 398 g/mol. The maximum absolute atomic E-state index is 13.2. The standard InChI is InChI=1S/C21H27N7O3/c1-26(2)16-11-18(25-28-17(19(22)29)12-23-20(16)28)24-15-5-4-10-27(21(15)30)13-6-8-14(31-3)9-7-13/h4-5,10-14H,6-9H2,1-3H3,(H2,22,29)(H,24,25). The van der Waals surface area contributed by atoms with Crippen molar-refractivity contribution < 1.29 is 9.53 Å². The molecule has 1 amide bonds. The lowest BCUT2D eigenvalue weighted by Gasteiger charge is -2.29. The average Bonchev–Trinajstić information content (AvgIpc) is 3.19. The Morgan fingerprint density at radius 2 is 2.03 bits per heavy atom. The topological polar surface area (TPSA) is 120 Å². The van der Waals surface area contributed by atoms with Crippen LogP contribution in [0.15, 0.2) is 35.4 Å². The zero-order valence-corrected chi connectivity index (χ0v) is 17.9. The fourth-order valence-corrected chi connectivity index (χ4v) is 4.10. The molecule has 0 radical (unpaired) electrons. The van der Waals surface area contributed by atoms with Crippen LogP contribution in [0.25, 0.3) is 5.65 Å². The van der Waals surface area contributed by atoms with Gasteiger partial charge in [-0.1, -0.05) is 0 Å². The summed E-state index contributed by atoms with van der Waals surface area (Å²) in [5.74, 6) is -0.217. The van der Waals surface area contributed by atoms with Gasteiger partial charge in [-0.2, -0.15) is 0 Å². The first-order valence-electron chi connectivity index (χ1n) is 10.3. The maximum Gasteiger partial charge on any atom is 0.274 e. The van der Waals surface area contributed by atoms with E-state index in [-0.39, 0.29) is 23.4 Å². The predicted octanol–water partition coefficient (Wildman–Crippen LogP) is 1.93. The minimum atomic E-state index is -0.629. The molecule has 0 aromatic carbocycles. The summed E-state index contributed by atoms with van der Waals surface area (Å²) in [6, 6.07) is 5.50. The van der Waals surface area contributed by atoms with E-state index in [4.69, 9.17) is 10.5 Å². The highest BCUT2D eigenvalue weighted by Crippen LogP contribution is 2.29. The second kappa shape index (κ2) is 8.38. The minimum Gasteiger partial charge on any atom is -0.381 e. The van der Waals surface area contributed by atoms with Crippen molar-refractivity contribution in [3.05, 3.63) is 46.6 Å². The SMILES string of the molecule is COC1CCC(n2cccc(Nc3cc(N(C)C)c4ncc(C(N)=O)n4n3)c2=O)CC1. The molecule has 1 aliphatic rings. The summed E-state index contributed by atoms with van der Waals surface area (Å²) >= 11 is 0. The summed E-state index contributed by atoms with van der Waals surface area (Å²) in [4.78, 5) is 31.1. The van der Waals surface area contributed by atoms with Gasteiger partial charge in [-0.15, -0.1) is 5.10 Å². The Kier molecular flexibility index (Phi) is 5.64. The van der Waals surface area contributed by atoms with Crippen LogP contribution in [0.4, 0.5) is 17.2 Å². The Hall–Kier alpha value is -3.40. The largest absolute Gasteiger partial charge is 0.381 e. The molecule has 0 saturated heterocycles. The van der Waals surface area contributed by atoms with Gasteiger partial charge in [0, 0.05) is 39.5 Å². The first-order chi connectivity index (χ1) is 14.9. The number of pyridine rings is 1. The number of anilines is 3. The van der Waals surface area contributed by atoms with E-state index in [0.717, 1.165) is 31.4 Å². The van der Waals surface area contributed by atoms with Gasteiger partial charge in [-0.25, -0.2) is 9.50 Å². The molecule has 0 spiro atoms. The van der Waals surface area contributed by atoms with Gasteiger partial charge >= 0.3 is 0 Å². The summed E-state index contributed by atoms with van der Waals surface area (Å²) in [5, 5.41) is 7.57. The number of nitrogens with zero attached hydrogens (tertiary/aromatic N) is 5. The number of fused-ring (bicyclic) bond motifs is 1. The Bertz CT molecular complexity index is 1160. The zero-order chi connectivity index (χ0) is 22.1. The summed E-state index contributed by atoms with van der Waals surface area (Å²) < 4.78 is 8.62. The third-order valence-corrected chi connectivity index (χ3v) is 5.79. The van der Waals surface area contributed by atoms with Crippen LogP contribution in [0.1, 0.15) is 42.2 Å². The number of carbonyl (C=O) groups excluding carboxylic acids is 1. The van der Waals surface area contributed by atoms with Crippen LogP contribution in [0.2, 0.25) is 0 Å². The predicted molar refractivity (Wildman–Crippen MR) is 118 cm³/mol. The molecular formula is C21H27N7O3. The summed E-state index contributed by atoms with van der Waals surface area (Å²) in [6.45, 7) is 0. The molecule has 1 aliphatic carbocycles. The molecule has 1 fully saturated rings. The number of ether oxygens (including phenoxy) is 1. The van der Waals surface area contributed by atoms with Gasteiger partial charge in [0.05, 0.1) is 18.0 Å². The third-order valence-electron chi connectivity index (χ3n) is 5.79. The molecule has 3 aromatic rings. The summed E-state index contributed by atoms with van der Waals surface area (Å²) in [5.41, 5.74) is 7.17. The molecule has 3 heterocycles. The highest BCUT2D eigenvalue weighted by Gasteiger charge is 2.23. The van der Waals surface area contributed by atoms with E-state index in [1.54, 1.807) is 23.8 Å². The van der Waals surface area contributed by atoms with Crippen LogP contribution in [0, 0.1) is 0 Å². The molecule has 4 rings (SSSR count). The lowest BCUT2D eigenvalue weighted by Crippen LogP contribution is -2.30. The number of imidazole rings is 1. The Morgan fingerprint density at radius 3 is 2.68 bits per heavy atom. The number of primary amides is 1. The van der Waals surface area contributed by atoms with Gasteiger partial charge in [0.25, 0.3) is 11.5 Å². The van der Waals surface area contributed by atoms with Crippen LogP contribution in [-0.4, -0.2) is 52.4 Å². The monoisotopic (exact) mass is 425 g/mol. The number of carbonyl (C=O) groups is 1. The fraction of sp³-hybridized carbons (Fsp3) is 0.429. The average molecular weight is 425 g/mol. The van der Waals surface area contributed by atoms with E-state index in [0.29, 0.717) is 17.2 Å². The van der Waals surface area contributed by atoms with Crippen molar-refractivity contribution in [2.75, 3.05) is 31.4 Å². The first kappa shape index (κ1) is 20.9. The van der Waals surface area contributed by atoms with Crippen LogP contribution in [-0.2, 0) is 4.74 Å². The van der Waals surface area contributed by atoms with Gasteiger partial charge < -0.3 is 25.3 Å². The molecule has 0 bridgehead atoms. The van der Waals surface area contributed by atoms with Crippen molar-refractivity contribution in [1.29, 1.82) is 0 Å². The van der Waals surface area contributed by atoms with Crippen LogP contribution in [0.5, 0.6) is 0 Å². The number of hydrogen-bond donors (Lipinski definition) is 2. The number of methoxy groups -OCH3 is 1. The number of nitrogens with two attached hydrogens (primary N) is 1. The smallest absolute Gasteiger partial charge is 0.274 e. The number of hydrogen-bond acceptors (Lipinski definition) is 7. The van der Waals surface area contributed by atoms with Gasteiger partial charge in [0.15, 0.2) is 11.5 Å². The Labute approximate surface area is 179 Å². The zero-order valence-electron chi connectivity index (χ0n) is 17.9. The first-order valence-corrected chi connectivity index (χ1v) is 10.3. The molecule has 0 unspecified atom stereocenters. The van der Waals surface area contributed by atoms with E-state index >= 15 is 0 Å². The van der Waals surface area contributed by atoms with E-state index < -0.39 is 5.91 Å². The third kappa shape index (κ3) is 3.98. The van der Waals surface area contributed by atoms with E-state index in [9.17, 15) is 9.59 Å². The second-order valence-corrected chi connectivity index (χ2v) is 7.98. The van der Waals surface area contributed by atoms with Crippen molar-refractivity contribution in [3.8, 4) is 0 Å². The van der Waals surface area contributed by atoms with Crippen molar-refractivity contribution in [2.45, 2.75) is 37.8 Å². The molecule has 31 heavy (non-hydrogen) atoms. The van der Waals surface area contributed by atoms with Crippen LogP contribution in [0.3, 0.4) is 0 Å². The number of aromatic nitrogens is 4. The molecule has 1 saturated carbocycles. The van der Waals surface area contributed by atoms with E-state index in [2.05, 4.69) is 15.4 Å². The van der Waals surface area contributed by atoms with Crippen LogP contribution >= 0.6 is 0 Å². The fourth-order valence-electron chi connectivity index (χ4n) is 4.10. The number of rotatable bonds is 6. The number of amides is 1. The van der Waals surface area contributed by atoms with Crippen LogP contribution < -0.4 is 21.5 Å². The maximum atomic E-state index is 13.2. The second-order valence-electron chi connectivity index (χ2n) is 7.98. The number of nitrogens with one attached hydrogen (secondary N) is 1. The quantitative estimate of drug-likeness (QED) is 0.619. The lowest BCUT2D eigenvalue weighted by molar-refractivity contribution is 0.0580. The molecule has 3 N–H and O–H groups in total. The van der Waals surface area contributed by atoms with E-state index in [1.165, 1.54) is 10.7 Å². The molecule has 3 aromatic heterocycles. The van der Waals surface area contributed by atoms with Crippen molar-refractivity contribution in [1.82, 2.24) is 19.2 Å². The van der Waals surface area contributed by atoms with Crippen molar-refractivity contribution in [3.63, 3.8) is 0 Å². The van der Waals surface area contributed by atoms with Gasteiger partial charge in [0.2, 0.25) is 0 Å². The summed E-state index contributed by atoms with van der Waals surface area (Å²) in [6.07, 6.45) is 7.16. The van der Waals surface area contributed by atoms with Gasteiger partial charge in [-0.3, -0.25) is 9.59 Å². The van der Waals surface area contributed by atoms with Crippen molar-refractivity contribution in [2.24, 2.45) is 5.73 Å². The Morgan fingerprint density at radius 1 is 1.29 bits per heavy atom. The van der Waals surface area contributed by atoms with Gasteiger partial charge in [-0.05, 0) is 37.8 Å². The molecule has 0 aliphatic heterocycles. The summed E-state index contributed by atoms with van der Waals surface area (Å²) in [7, 11) is 5.46. The molecule has 164 valence electrons. The normalized spacial score (nSPS) is 18.8.